The molecule has 0 bridgehead atoms. The average Bonchev–Trinajstić information content (AvgIpc) is 3.14. The van der Waals surface area contributed by atoms with Gasteiger partial charge >= 0.3 is 5.69 Å². The zero-order valence-corrected chi connectivity index (χ0v) is 11.5. The van der Waals surface area contributed by atoms with E-state index in [0.29, 0.717) is 22.9 Å². The highest BCUT2D eigenvalue weighted by Crippen LogP contribution is 2.30. The third kappa shape index (κ3) is 3.96. The maximum Gasteiger partial charge on any atom is 0.312 e. The molecule has 1 aliphatic rings. The smallest absolute Gasteiger partial charge is 0.312 e. The molecule has 0 spiro atoms. The van der Waals surface area contributed by atoms with Crippen molar-refractivity contribution in [2.75, 3.05) is 13.2 Å². The molecule has 0 atom stereocenters. The molecule has 1 fully saturated rings. The van der Waals surface area contributed by atoms with E-state index in [0.717, 1.165) is 13.0 Å². The minimum atomic E-state index is -0.428. The lowest BCUT2D eigenvalue weighted by atomic mass is 10.3. The van der Waals surface area contributed by atoms with E-state index < -0.39 is 4.92 Å². The van der Waals surface area contributed by atoms with Crippen LogP contribution in [0.2, 0.25) is 0 Å². The normalized spacial score (nSPS) is 14.5. The van der Waals surface area contributed by atoms with Gasteiger partial charge in [-0.25, -0.2) is 0 Å². The van der Waals surface area contributed by atoms with E-state index >= 15 is 0 Å². The molecule has 0 amide bonds. The summed E-state index contributed by atoms with van der Waals surface area (Å²) in [6, 6.07) is 5.51. The van der Waals surface area contributed by atoms with Gasteiger partial charge in [-0.3, -0.25) is 10.1 Å². The van der Waals surface area contributed by atoms with Crippen LogP contribution in [0.4, 0.5) is 5.69 Å². The number of benzene rings is 1. The predicted octanol–water partition coefficient (Wildman–Crippen LogP) is 2.88. The van der Waals surface area contributed by atoms with Crippen LogP contribution < -0.4 is 10.1 Å². The van der Waals surface area contributed by atoms with E-state index in [9.17, 15) is 10.1 Å². The monoisotopic (exact) mass is 314 g/mol. The maximum absolute atomic E-state index is 10.9. The lowest BCUT2D eigenvalue weighted by Gasteiger charge is -2.07. The van der Waals surface area contributed by atoms with Gasteiger partial charge in [-0.2, -0.15) is 0 Å². The molecule has 2 rings (SSSR count). The molecule has 1 saturated carbocycles. The van der Waals surface area contributed by atoms with Crippen LogP contribution in [-0.2, 0) is 0 Å². The predicted molar refractivity (Wildman–Crippen MR) is 71.9 cm³/mol. The number of nitrogens with one attached hydrogen (secondary N) is 1. The maximum atomic E-state index is 10.9. The third-order valence-electron chi connectivity index (χ3n) is 2.71. The molecule has 1 aliphatic carbocycles. The van der Waals surface area contributed by atoms with Crippen LogP contribution in [0.1, 0.15) is 19.3 Å². The molecular weight excluding hydrogens is 300 g/mol. The Morgan fingerprint density at radius 3 is 2.94 bits per heavy atom. The van der Waals surface area contributed by atoms with Crippen molar-refractivity contribution in [3.05, 3.63) is 32.8 Å². The molecular formula is C12H15BrN2O3. The van der Waals surface area contributed by atoms with Crippen molar-refractivity contribution in [3.63, 3.8) is 0 Å². The molecule has 18 heavy (non-hydrogen) atoms. The summed E-state index contributed by atoms with van der Waals surface area (Å²) >= 11 is 3.21. The van der Waals surface area contributed by atoms with E-state index in [1.165, 1.54) is 18.9 Å². The number of rotatable bonds is 7. The summed E-state index contributed by atoms with van der Waals surface area (Å²) < 4.78 is 6.13. The van der Waals surface area contributed by atoms with Crippen molar-refractivity contribution in [3.8, 4) is 5.75 Å². The van der Waals surface area contributed by atoms with E-state index in [4.69, 9.17) is 4.74 Å². The first-order valence-electron chi connectivity index (χ1n) is 5.97. The summed E-state index contributed by atoms with van der Waals surface area (Å²) in [6.45, 7) is 1.39. The fourth-order valence-electron chi connectivity index (χ4n) is 1.60. The van der Waals surface area contributed by atoms with E-state index in [1.54, 1.807) is 12.1 Å². The van der Waals surface area contributed by atoms with Gasteiger partial charge < -0.3 is 10.1 Å². The summed E-state index contributed by atoms with van der Waals surface area (Å²) in [4.78, 5) is 10.4. The Kier molecular flexibility index (Phi) is 4.54. The van der Waals surface area contributed by atoms with Crippen LogP contribution in [-0.4, -0.2) is 24.1 Å². The molecule has 98 valence electrons. The Morgan fingerprint density at radius 1 is 1.50 bits per heavy atom. The van der Waals surface area contributed by atoms with Crippen molar-refractivity contribution < 1.29 is 9.66 Å². The largest absolute Gasteiger partial charge is 0.487 e. The highest BCUT2D eigenvalue weighted by Gasteiger charge is 2.19. The van der Waals surface area contributed by atoms with Gasteiger partial charge in [-0.05, 0) is 37.9 Å². The second-order valence-corrected chi connectivity index (χ2v) is 5.22. The summed E-state index contributed by atoms with van der Waals surface area (Å²) in [5, 5.41) is 14.2. The lowest BCUT2D eigenvalue weighted by molar-refractivity contribution is -0.385. The zero-order chi connectivity index (χ0) is 13.0. The van der Waals surface area contributed by atoms with Crippen LogP contribution in [0.5, 0.6) is 5.75 Å². The average molecular weight is 315 g/mol. The molecule has 0 aromatic heterocycles. The number of halogens is 1. The molecule has 1 aromatic rings. The number of nitro benzene ring substituents is 1. The van der Waals surface area contributed by atoms with Crippen LogP contribution in [0.3, 0.4) is 0 Å². The second kappa shape index (κ2) is 6.15. The van der Waals surface area contributed by atoms with Crippen LogP contribution >= 0.6 is 15.9 Å². The first-order valence-corrected chi connectivity index (χ1v) is 6.76. The molecule has 0 radical (unpaired) electrons. The Balaban J connectivity index is 1.81. The van der Waals surface area contributed by atoms with E-state index in [2.05, 4.69) is 21.2 Å². The number of nitrogens with zero attached hydrogens (tertiary/aromatic N) is 1. The van der Waals surface area contributed by atoms with Crippen LogP contribution in [0, 0.1) is 10.1 Å². The molecule has 6 heteroatoms. The Morgan fingerprint density at radius 2 is 2.28 bits per heavy atom. The summed E-state index contributed by atoms with van der Waals surface area (Å²) in [6.07, 6.45) is 3.38. The van der Waals surface area contributed by atoms with E-state index in [1.807, 2.05) is 0 Å². The second-order valence-electron chi connectivity index (χ2n) is 4.30. The van der Waals surface area contributed by atoms with Gasteiger partial charge in [0.2, 0.25) is 0 Å². The molecule has 0 unspecified atom stereocenters. The van der Waals surface area contributed by atoms with Gasteiger partial charge in [0.05, 0.1) is 11.5 Å². The number of hydrogen-bond donors (Lipinski definition) is 1. The van der Waals surface area contributed by atoms with Crippen molar-refractivity contribution in [2.24, 2.45) is 0 Å². The van der Waals surface area contributed by atoms with Crippen molar-refractivity contribution in [1.82, 2.24) is 5.32 Å². The van der Waals surface area contributed by atoms with Crippen LogP contribution in [0.25, 0.3) is 0 Å². The fourth-order valence-corrected chi connectivity index (χ4v) is 1.95. The Labute approximate surface area is 114 Å². The zero-order valence-electron chi connectivity index (χ0n) is 9.89. The molecule has 1 aromatic carbocycles. The van der Waals surface area contributed by atoms with Gasteiger partial charge in [0.1, 0.15) is 0 Å². The van der Waals surface area contributed by atoms with Gasteiger partial charge in [0, 0.05) is 16.6 Å². The number of nitro groups is 1. The molecule has 5 nitrogen and oxygen atoms in total. The Hall–Kier alpha value is -1.14. The minimum Gasteiger partial charge on any atom is -0.487 e. The third-order valence-corrected chi connectivity index (χ3v) is 3.20. The summed E-state index contributed by atoms with van der Waals surface area (Å²) in [5.41, 5.74) is -0.000438. The van der Waals surface area contributed by atoms with Crippen molar-refractivity contribution >= 4 is 21.6 Å². The standard InChI is InChI=1S/C12H15BrN2O3/c13-9-2-5-12(11(8-9)15(16)17)18-7-1-6-14-10-3-4-10/h2,5,8,10,14H,1,3-4,6-7H2. The summed E-state index contributed by atoms with van der Waals surface area (Å²) in [7, 11) is 0. The minimum absolute atomic E-state index is 0.000438. The lowest BCUT2D eigenvalue weighted by Crippen LogP contribution is -2.19. The molecule has 1 N–H and O–H groups in total. The SMILES string of the molecule is O=[N+]([O-])c1cc(Br)ccc1OCCCNC1CC1. The first-order chi connectivity index (χ1) is 8.66. The van der Waals surface area contributed by atoms with Crippen molar-refractivity contribution in [2.45, 2.75) is 25.3 Å². The van der Waals surface area contributed by atoms with Crippen molar-refractivity contribution in [1.29, 1.82) is 0 Å². The summed E-state index contributed by atoms with van der Waals surface area (Å²) in [5.74, 6) is 0.328. The highest BCUT2D eigenvalue weighted by molar-refractivity contribution is 9.10. The van der Waals surface area contributed by atoms with Gasteiger partial charge in [0.15, 0.2) is 5.75 Å². The van der Waals surface area contributed by atoms with Gasteiger partial charge in [-0.1, -0.05) is 15.9 Å². The fraction of sp³-hybridized carbons (Fsp3) is 0.500. The quantitative estimate of drug-likeness (QED) is 0.477. The molecule has 0 saturated heterocycles. The molecule has 0 aliphatic heterocycles. The number of ether oxygens (including phenoxy) is 1. The number of hydrogen-bond acceptors (Lipinski definition) is 4. The first kappa shape index (κ1) is 13.3. The Bertz CT molecular complexity index is 435. The van der Waals surface area contributed by atoms with Gasteiger partial charge in [0.25, 0.3) is 0 Å². The van der Waals surface area contributed by atoms with Crippen LogP contribution in [0.15, 0.2) is 22.7 Å². The van der Waals surface area contributed by atoms with E-state index in [-0.39, 0.29) is 5.69 Å². The topological polar surface area (TPSA) is 64.4 Å². The molecule has 0 heterocycles. The van der Waals surface area contributed by atoms with Gasteiger partial charge in [-0.15, -0.1) is 0 Å². The highest BCUT2D eigenvalue weighted by atomic mass is 79.9.